The van der Waals surface area contributed by atoms with Crippen LogP contribution >= 0.6 is 0 Å². The molecule has 1 N–H and O–H groups in total. The molecule has 2 aromatic rings. The fraction of sp³-hybridized carbons (Fsp3) is 0.391. The first kappa shape index (κ1) is 20.7. The maximum Gasteiger partial charge on any atom is 0.239 e. The van der Waals surface area contributed by atoms with E-state index < -0.39 is 5.41 Å². The van der Waals surface area contributed by atoms with Crippen LogP contribution in [0.25, 0.3) is 0 Å². The van der Waals surface area contributed by atoms with Gasteiger partial charge < -0.3 is 10.2 Å². The van der Waals surface area contributed by atoms with E-state index in [9.17, 15) is 9.59 Å². The standard InChI is InChI=1S/C23H30N2O2/c1-16(2)25(15-19-10-8-7-9-11-19)22(27)23(5,6)21(26)24-20-13-12-17(3)14-18(20)4/h7-14,16H,15H2,1-6H3,(H,24,26). The molecule has 2 rings (SSSR count). The average molecular weight is 367 g/mol. The van der Waals surface area contributed by atoms with Crippen molar-refractivity contribution >= 4 is 17.5 Å². The average Bonchev–Trinajstić information content (AvgIpc) is 2.62. The molecule has 0 saturated heterocycles. The van der Waals surface area contributed by atoms with Crippen LogP contribution in [0.3, 0.4) is 0 Å². The third-order valence-electron chi connectivity index (χ3n) is 4.81. The Morgan fingerprint density at radius 3 is 2.22 bits per heavy atom. The zero-order valence-electron chi connectivity index (χ0n) is 17.2. The smallest absolute Gasteiger partial charge is 0.239 e. The highest BCUT2D eigenvalue weighted by Gasteiger charge is 2.40. The molecule has 0 radical (unpaired) electrons. The van der Waals surface area contributed by atoms with Crippen LogP contribution in [0.4, 0.5) is 5.69 Å². The van der Waals surface area contributed by atoms with Crippen LogP contribution in [0, 0.1) is 19.3 Å². The van der Waals surface area contributed by atoms with Gasteiger partial charge in [0.25, 0.3) is 0 Å². The van der Waals surface area contributed by atoms with E-state index in [1.54, 1.807) is 18.7 Å². The summed E-state index contributed by atoms with van der Waals surface area (Å²) in [5.41, 5.74) is 2.73. The second-order valence-electron chi connectivity index (χ2n) is 7.91. The topological polar surface area (TPSA) is 49.4 Å². The minimum absolute atomic E-state index is 0.00843. The molecule has 0 heterocycles. The van der Waals surface area contributed by atoms with Crippen LogP contribution in [0.5, 0.6) is 0 Å². The van der Waals surface area contributed by atoms with E-state index >= 15 is 0 Å². The Kier molecular flexibility index (Phi) is 6.42. The third-order valence-corrected chi connectivity index (χ3v) is 4.81. The lowest BCUT2D eigenvalue weighted by Crippen LogP contribution is -2.49. The van der Waals surface area contributed by atoms with Gasteiger partial charge in [-0.2, -0.15) is 0 Å². The van der Waals surface area contributed by atoms with Gasteiger partial charge in [0.15, 0.2) is 0 Å². The van der Waals surface area contributed by atoms with E-state index in [2.05, 4.69) is 5.32 Å². The first-order chi connectivity index (χ1) is 12.6. The molecular formula is C23H30N2O2. The number of amides is 2. The molecule has 2 amide bonds. The van der Waals surface area contributed by atoms with Crippen molar-refractivity contribution in [1.82, 2.24) is 4.90 Å². The maximum atomic E-state index is 13.2. The first-order valence-electron chi connectivity index (χ1n) is 9.36. The van der Waals surface area contributed by atoms with E-state index in [4.69, 9.17) is 0 Å². The lowest BCUT2D eigenvalue weighted by molar-refractivity contribution is -0.148. The lowest BCUT2D eigenvalue weighted by Gasteiger charge is -2.34. The van der Waals surface area contributed by atoms with Crippen LogP contribution in [0.15, 0.2) is 48.5 Å². The number of nitrogens with one attached hydrogen (secondary N) is 1. The highest BCUT2D eigenvalue weighted by atomic mass is 16.2. The molecule has 2 aromatic carbocycles. The molecule has 0 saturated carbocycles. The van der Waals surface area contributed by atoms with Crippen molar-refractivity contribution < 1.29 is 9.59 Å². The highest BCUT2D eigenvalue weighted by Crippen LogP contribution is 2.26. The molecule has 0 atom stereocenters. The number of hydrogen-bond donors (Lipinski definition) is 1. The van der Waals surface area contributed by atoms with Crippen LogP contribution in [-0.2, 0) is 16.1 Å². The van der Waals surface area contributed by atoms with Gasteiger partial charge in [-0.3, -0.25) is 9.59 Å². The Morgan fingerprint density at radius 1 is 1.04 bits per heavy atom. The number of hydrogen-bond acceptors (Lipinski definition) is 2. The molecule has 0 unspecified atom stereocenters. The summed E-state index contributed by atoms with van der Waals surface area (Å²) in [4.78, 5) is 27.9. The van der Waals surface area contributed by atoms with Gasteiger partial charge in [0.05, 0.1) is 0 Å². The maximum absolute atomic E-state index is 13.2. The molecule has 27 heavy (non-hydrogen) atoms. The summed E-state index contributed by atoms with van der Waals surface area (Å²) < 4.78 is 0. The summed E-state index contributed by atoms with van der Waals surface area (Å²) in [6.07, 6.45) is 0. The van der Waals surface area contributed by atoms with Gasteiger partial charge >= 0.3 is 0 Å². The Hall–Kier alpha value is -2.62. The van der Waals surface area contributed by atoms with E-state index in [1.807, 2.05) is 76.2 Å². The number of benzene rings is 2. The van der Waals surface area contributed by atoms with Gasteiger partial charge in [0.2, 0.25) is 11.8 Å². The zero-order valence-corrected chi connectivity index (χ0v) is 17.2. The predicted molar refractivity (Wildman–Crippen MR) is 110 cm³/mol. The molecule has 4 nitrogen and oxygen atoms in total. The van der Waals surface area contributed by atoms with Gasteiger partial charge in [-0.1, -0.05) is 48.0 Å². The number of carbonyl (C=O) groups excluding carboxylic acids is 2. The molecular weight excluding hydrogens is 336 g/mol. The van der Waals surface area contributed by atoms with Gasteiger partial charge in [-0.05, 0) is 58.7 Å². The SMILES string of the molecule is Cc1ccc(NC(=O)C(C)(C)C(=O)N(Cc2ccccc2)C(C)C)c(C)c1. The number of carbonyl (C=O) groups is 2. The van der Waals surface area contributed by atoms with Crippen LogP contribution < -0.4 is 5.32 Å². The van der Waals surface area contributed by atoms with Crippen molar-refractivity contribution in [3.63, 3.8) is 0 Å². The molecule has 4 heteroatoms. The number of nitrogens with zero attached hydrogens (tertiary/aromatic N) is 1. The van der Waals surface area contributed by atoms with Crippen molar-refractivity contribution in [2.75, 3.05) is 5.32 Å². The van der Waals surface area contributed by atoms with Crippen molar-refractivity contribution in [1.29, 1.82) is 0 Å². The normalized spacial score (nSPS) is 11.4. The second-order valence-corrected chi connectivity index (χ2v) is 7.91. The number of rotatable bonds is 6. The summed E-state index contributed by atoms with van der Waals surface area (Å²) in [5, 5.41) is 2.93. The molecule has 0 aromatic heterocycles. The Bertz CT molecular complexity index is 810. The Labute approximate surface area is 162 Å². The zero-order chi connectivity index (χ0) is 20.2. The lowest BCUT2D eigenvalue weighted by atomic mass is 9.89. The van der Waals surface area contributed by atoms with Crippen molar-refractivity contribution in [2.45, 2.75) is 54.1 Å². The quantitative estimate of drug-likeness (QED) is 0.753. The molecule has 0 aliphatic heterocycles. The fourth-order valence-electron chi connectivity index (χ4n) is 2.96. The first-order valence-corrected chi connectivity index (χ1v) is 9.36. The van der Waals surface area contributed by atoms with Gasteiger partial charge in [0.1, 0.15) is 5.41 Å². The van der Waals surface area contributed by atoms with E-state index in [1.165, 1.54) is 0 Å². The summed E-state index contributed by atoms with van der Waals surface area (Å²) in [6, 6.07) is 15.7. The van der Waals surface area contributed by atoms with Crippen LogP contribution in [0.2, 0.25) is 0 Å². The number of anilines is 1. The summed E-state index contributed by atoms with van der Waals surface area (Å²) in [5.74, 6) is -0.471. The van der Waals surface area contributed by atoms with E-state index in [-0.39, 0.29) is 17.9 Å². The summed E-state index contributed by atoms with van der Waals surface area (Å²) >= 11 is 0. The fourth-order valence-corrected chi connectivity index (χ4v) is 2.96. The largest absolute Gasteiger partial charge is 0.335 e. The van der Waals surface area contributed by atoms with E-state index in [0.29, 0.717) is 6.54 Å². The van der Waals surface area contributed by atoms with Crippen LogP contribution in [-0.4, -0.2) is 22.8 Å². The molecule has 0 aliphatic carbocycles. The van der Waals surface area contributed by atoms with Crippen molar-refractivity contribution in [2.24, 2.45) is 5.41 Å². The number of aryl methyl sites for hydroxylation is 2. The Balaban J connectivity index is 2.20. The molecule has 0 bridgehead atoms. The molecule has 144 valence electrons. The van der Waals surface area contributed by atoms with Gasteiger partial charge in [0, 0.05) is 18.3 Å². The van der Waals surface area contributed by atoms with E-state index in [0.717, 1.165) is 22.4 Å². The molecule has 0 fully saturated rings. The van der Waals surface area contributed by atoms with Gasteiger partial charge in [-0.15, -0.1) is 0 Å². The minimum Gasteiger partial charge on any atom is -0.335 e. The molecule has 0 aliphatic rings. The predicted octanol–water partition coefficient (Wildman–Crippen LogP) is 4.71. The summed E-state index contributed by atoms with van der Waals surface area (Å²) in [7, 11) is 0. The minimum atomic E-state index is -1.17. The van der Waals surface area contributed by atoms with Crippen molar-refractivity contribution in [3.05, 3.63) is 65.2 Å². The highest BCUT2D eigenvalue weighted by molar-refractivity contribution is 6.10. The van der Waals surface area contributed by atoms with Crippen molar-refractivity contribution in [3.8, 4) is 0 Å². The monoisotopic (exact) mass is 366 g/mol. The molecule has 0 spiro atoms. The third kappa shape index (κ3) is 4.97. The van der Waals surface area contributed by atoms with Crippen LogP contribution in [0.1, 0.15) is 44.4 Å². The second kappa shape index (κ2) is 8.38. The summed E-state index contributed by atoms with van der Waals surface area (Å²) in [6.45, 7) is 11.8. The van der Waals surface area contributed by atoms with Gasteiger partial charge in [-0.25, -0.2) is 0 Å². The Morgan fingerprint density at radius 2 is 1.67 bits per heavy atom.